The van der Waals surface area contributed by atoms with Crippen LogP contribution in [0.5, 0.6) is 5.75 Å². The van der Waals surface area contributed by atoms with Crippen molar-refractivity contribution in [2.75, 3.05) is 19.7 Å². The summed E-state index contributed by atoms with van der Waals surface area (Å²) in [5.74, 6) is -0.365. The topological polar surface area (TPSA) is 114 Å². The molecule has 0 aromatic heterocycles. The molecule has 2 N–H and O–H groups in total. The molecule has 2 aliphatic heterocycles. The average molecular weight is 431 g/mol. The maximum absolute atomic E-state index is 12.4. The third-order valence-electron chi connectivity index (χ3n) is 5.08. The van der Waals surface area contributed by atoms with Crippen LogP contribution in [-0.2, 0) is 14.3 Å². The summed E-state index contributed by atoms with van der Waals surface area (Å²) in [6.07, 6.45) is 1.03. The summed E-state index contributed by atoms with van der Waals surface area (Å²) < 4.78 is 11.2. The molecular weight excluding hydrogens is 402 g/mol. The molecular formula is C22H29N3O6. The van der Waals surface area contributed by atoms with Crippen LogP contribution in [0.25, 0.3) is 0 Å². The van der Waals surface area contributed by atoms with Gasteiger partial charge in [-0.2, -0.15) is 0 Å². The van der Waals surface area contributed by atoms with Gasteiger partial charge in [0.1, 0.15) is 17.4 Å². The molecule has 2 fully saturated rings. The fourth-order valence-corrected chi connectivity index (χ4v) is 3.45. The predicted octanol–water partition coefficient (Wildman–Crippen LogP) is 1.86. The van der Waals surface area contributed by atoms with Gasteiger partial charge in [0.15, 0.2) is 0 Å². The van der Waals surface area contributed by atoms with E-state index in [9.17, 15) is 19.2 Å². The minimum Gasteiger partial charge on any atom is -0.493 e. The second-order valence-corrected chi connectivity index (χ2v) is 8.89. The molecule has 9 nitrogen and oxygen atoms in total. The molecule has 0 radical (unpaired) electrons. The Bertz CT molecular complexity index is 846. The monoisotopic (exact) mass is 431 g/mol. The maximum atomic E-state index is 12.4. The van der Waals surface area contributed by atoms with Gasteiger partial charge < -0.3 is 19.7 Å². The molecule has 2 atom stereocenters. The smallest absolute Gasteiger partial charge is 0.410 e. The van der Waals surface area contributed by atoms with Crippen molar-refractivity contribution in [1.82, 2.24) is 15.5 Å². The lowest BCUT2D eigenvalue weighted by Gasteiger charge is -2.24. The van der Waals surface area contributed by atoms with Crippen molar-refractivity contribution in [3.8, 4) is 5.75 Å². The van der Waals surface area contributed by atoms with Gasteiger partial charge in [-0.05, 0) is 57.9 Å². The zero-order chi connectivity index (χ0) is 22.6. The van der Waals surface area contributed by atoms with E-state index in [2.05, 4.69) is 10.6 Å². The van der Waals surface area contributed by atoms with E-state index >= 15 is 0 Å². The molecule has 0 bridgehead atoms. The lowest BCUT2D eigenvalue weighted by Crippen LogP contribution is -2.52. The second-order valence-electron chi connectivity index (χ2n) is 8.89. The Balaban J connectivity index is 1.44. The summed E-state index contributed by atoms with van der Waals surface area (Å²) in [5, 5.41) is 4.85. The molecule has 168 valence electrons. The van der Waals surface area contributed by atoms with E-state index in [1.54, 1.807) is 29.2 Å². The van der Waals surface area contributed by atoms with E-state index in [4.69, 9.17) is 9.47 Å². The third-order valence-corrected chi connectivity index (χ3v) is 5.08. The predicted molar refractivity (Wildman–Crippen MR) is 111 cm³/mol. The van der Waals surface area contributed by atoms with Crippen molar-refractivity contribution in [3.05, 3.63) is 29.8 Å². The van der Waals surface area contributed by atoms with E-state index in [1.165, 1.54) is 0 Å². The molecule has 0 saturated carbocycles. The Labute approximate surface area is 181 Å². The molecule has 3 rings (SSSR count). The first kappa shape index (κ1) is 22.6. The van der Waals surface area contributed by atoms with Gasteiger partial charge in [0.25, 0.3) is 5.91 Å². The zero-order valence-corrected chi connectivity index (χ0v) is 18.1. The largest absolute Gasteiger partial charge is 0.493 e. The standard InChI is InChI=1S/C22H29N3O6/c1-22(2,3)31-21(29)25-11-10-14(12-25)13-30-16-6-4-15(5-7-16)19(27)23-17-8-9-18(26)24-20(17)28/h4-7,14,17H,8-13H2,1-3H3,(H,23,27)(H,24,26,28)/t14-,17?/m1/s1. The number of benzene rings is 1. The maximum Gasteiger partial charge on any atom is 0.410 e. The number of ether oxygens (including phenoxy) is 2. The molecule has 31 heavy (non-hydrogen) atoms. The summed E-state index contributed by atoms with van der Waals surface area (Å²) in [5.41, 5.74) is -0.119. The van der Waals surface area contributed by atoms with Crippen molar-refractivity contribution in [3.63, 3.8) is 0 Å². The number of piperidine rings is 1. The third kappa shape index (κ3) is 6.44. The van der Waals surface area contributed by atoms with Crippen LogP contribution in [0.1, 0.15) is 50.4 Å². The highest BCUT2D eigenvalue weighted by Crippen LogP contribution is 2.21. The molecule has 1 aromatic rings. The summed E-state index contributed by atoms with van der Waals surface area (Å²) >= 11 is 0. The SMILES string of the molecule is CC(C)(C)OC(=O)N1CC[C@@H](COc2ccc(C(=O)NC3CCC(=O)NC3=O)cc2)C1. The van der Waals surface area contributed by atoms with Gasteiger partial charge in [0.2, 0.25) is 11.8 Å². The number of nitrogens with one attached hydrogen (secondary N) is 2. The summed E-state index contributed by atoms with van der Waals surface area (Å²) in [6, 6.07) is 5.92. The number of amides is 4. The van der Waals surface area contributed by atoms with Crippen LogP contribution < -0.4 is 15.4 Å². The Morgan fingerprint density at radius 2 is 1.87 bits per heavy atom. The van der Waals surface area contributed by atoms with Crippen LogP contribution in [0, 0.1) is 5.92 Å². The number of imide groups is 1. The van der Waals surface area contributed by atoms with Gasteiger partial charge in [0, 0.05) is 31.0 Å². The normalized spacial score (nSPS) is 21.5. The fraction of sp³-hybridized carbons (Fsp3) is 0.545. The van der Waals surface area contributed by atoms with Crippen LogP contribution in [-0.4, -0.2) is 60.1 Å². The zero-order valence-electron chi connectivity index (χ0n) is 18.1. The Morgan fingerprint density at radius 1 is 1.16 bits per heavy atom. The molecule has 9 heteroatoms. The van der Waals surface area contributed by atoms with E-state index < -0.39 is 17.6 Å². The Kier molecular flexibility index (Phi) is 6.82. The first-order valence-corrected chi connectivity index (χ1v) is 10.5. The lowest BCUT2D eigenvalue weighted by atomic mass is 10.1. The van der Waals surface area contributed by atoms with Crippen molar-refractivity contribution < 1.29 is 28.7 Å². The quantitative estimate of drug-likeness (QED) is 0.688. The molecule has 2 heterocycles. The number of likely N-dealkylation sites (tertiary alicyclic amines) is 1. The Hall–Kier alpha value is -3.10. The minimum absolute atomic E-state index is 0.204. The molecule has 4 amide bonds. The van der Waals surface area contributed by atoms with Gasteiger partial charge >= 0.3 is 6.09 Å². The molecule has 1 unspecified atom stereocenters. The van der Waals surface area contributed by atoms with Crippen molar-refractivity contribution in [1.29, 1.82) is 0 Å². The highest BCUT2D eigenvalue weighted by molar-refractivity contribution is 6.03. The van der Waals surface area contributed by atoms with E-state index in [0.29, 0.717) is 37.4 Å². The van der Waals surface area contributed by atoms with Crippen LogP contribution in [0.3, 0.4) is 0 Å². The fourth-order valence-electron chi connectivity index (χ4n) is 3.45. The second kappa shape index (κ2) is 9.36. The van der Waals surface area contributed by atoms with Gasteiger partial charge in [0.05, 0.1) is 6.61 Å². The Morgan fingerprint density at radius 3 is 2.52 bits per heavy atom. The number of hydrogen-bond acceptors (Lipinski definition) is 6. The number of nitrogens with zero attached hydrogens (tertiary/aromatic N) is 1. The van der Waals surface area contributed by atoms with Crippen molar-refractivity contribution in [2.45, 2.75) is 51.7 Å². The van der Waals surface area contributed by atoms with Crippen LogP contribution >= 0.6 is 0 Å². The molecule has 1 aromatic carbocycles. The molecule has 2 saturated heterocycles. The molecule has 2 aliphatic rings. The van der Waals surface area contributed by atoms with Gasteiger partial charge in [-0.25, -0.2) is 4.79 Å². The van der Waals surface area contributed by atoms with Crippen molar-refractivity contribution in [2.24, 2.45) is 5.92 Å². The van der Waals surface area contributed by atoms with E-state index in [-0.39, 0.29) is 30.2 Å². The van der Waals surface area contributed by atoms with Crippen molar-refractivity contribution >= 4 is 23.8 Å². The summed E-state index contributed by atoms with van der Waals surface area (Å²) in [4.78, 5) is 49.2. The summed E-state index contributed by atoms with van der Waals surface area (Å²) in [6.45, 7) is 7.22. The van der Waals surface area contributed by atoms with Gasteiger partial charge in [-0.3, -0.25) is 19.7 Å². The summed E-state index contributed by atoms with van der Waals surface area (Å²) in [7, 11) is 0. The van der Waals surface area contributed by atoms with Crippen LogP contribution in [0.2, 0.25) is 0 Å². The van der Waals surface area contributed by atoms with Crippen LogP contribution in [0.15, 0.2) is 24.3 Å². The van der Waals surface area contributed by atoms with Crippen LogP contribution in [0.4, 0.5) is 4.79 Å². The average Bonchev–Trinajstić information content (AvgIpc) is 3.17. The number of hydrogen-bond donors (Lipinski definition) is 2. The van der Waals surface area contributed by atoms with Gasteiger partial charge in [-0.1, -0.05) is 0 Å². The molecule has 0 aliphatic carbocycles. The molecule has 0 spiro atoms. The number of rotatable bonds is 5. The minimum atomic E-state index is -0.712. The number of carbonyl (C=O) groups is 4. The first-order valence-electron chi connectivity index (χ1n) is 10.5. The van der Waals surface area contributed by atoms with E-state index in [1.807, 2.05) is 20.8 Å². The number of carbonyl (C=O) groups excluding carboxylic acids is 4. The van der Waals surface area contributed by atoms with Gasteiger partial charge in [-0.15, -0.1) is 0 Å². The van der Waals surface area contributed by atoms with E-state index in [0.717, 1.165) is 6.42 Å². The highest BCUT2D eigenvalue weighted by atomic mass is 16.6. The highest BCUT2D eigenvalue weighted by Gasteiger charge is 2.30. The lowest BCUT2D eigenvalue weighted by molar-refractivity contribution is -0.134. The first-order chi connectivity index (χ1) is 14.6.